The van der Waals surface area contributed by atoms with Crippen LogP contribution in [0, 0.1) is 0 Å². The molecule has 1 N–H and O–H groups in total. The third kappa shape index (κ3) is 3.94. The number of aryl methyl sites for hydroxylation is 2. The SMILES string of the molecule is O=C1CCC(N2Cc3cc(C4CCN(Cc5cc6n(n5)CCCC6)CC4)ccc3C2=O)C(=O)N1. The smallest absolute Gasteiger partial charge is 0.255 e. The molecule has 1 unspecified atom stereocenters. The van der Waals surface area contributed by atoms with Crippen molar-refractivity contribution in [2.75, 3.05) is 13.1 Å². The maximum Gasteiger partial charge on any atom is 0.255 e. The summed E-state index contributed by atoms with van der Waals surface area (Å²) in [6.07, 6.45) is 6.52. The fraction of sp³-hybridized carbons (Fsp3) is 0.538. The normalized spacial score (nSPS) is 23.7. The van der Waals surface area contributed by atoms with Gasteiger partial charge in [0.05, 0.1) is 5.69 Å². The molecule has 0 bridgehead atoms. The van der Waals surface area contributed by atoms with Crippen molar-refractivity contribution in [2.45, 2.75) is 76.5 Å². The minimum atomic E-state index is -0.557. The first-order valence-electron chi connectivity index (χ1n) is 12.6. The molecule has 1 aromatic heterocycles. The molecule has 178 valence electrons. The van der Waals surface area contributed by atoms with Crippen LogP contribution < -0.4 is 5.32 Å². The first-order valence-corrected chi connectivity index (χ1v) is 12.6. The number of hydrogen-bond acceptors (Lipinski definition) is 5. The number of fused-ring (bicyclic) bond motifs is 2. The van der Waals surface area contributed by atoms with Crippen molar-refractivity contribution in [2.24, 2.45) is 0 Å². The zero-order valence-corrected chi connectivity index (χ0v) is 19.5. The van der Waals surface area contributed by atoms with Gasteiger partial charge in [0.1, 0.15) is 6.04 Å². The summed E-state index contributed by atoms with van der Waals surface area (Å²) in [5.74, 6) is -0.236. The van der Waals surface area contributed by atoms with Gasteiger partial charge in [-0.25, -0.2) is 0 Å². The average molecular weight is 462 g/mol. The molecule has 1 aromatic carbocycles. The van der Waals surface area contributed by atoms with E-state index in [4.69, 9.17) is 5.10 Å². The third-order valence-electron chi connectivity index (χ3n) is 7.96. The Morgan fingerprint density at radius 2 is 1.82 bits per heavy atom. The van der Waals surface area contributed by atoms with Gasteiger partial charge in [0, 0.05) is 37.3 Å². The topological polar surface area (TPSA) is 87.5 Å². The van der Waals surface area contributed by atoms with Crippen LogP contribution in [0.5, 0.6) is 0 Å². The zero-order chi connectivity index (χ0) is 23.2. The second-order valence-electron chi connectivity index (χ2n) is 10.2. The van der Waals surface area contributed by atoms with Crippen molar-refractivity contribution in [3.63, 3.8) is 0 Å². The Kier molecular flexibility index (Phi) is 5.48. The quantitative estimate of drug-likeness (QED) is 0.707. The summed E-state index contributed by atoms with van der Waals surface area (Å²) >= 11 is 0. The van der Waals surface area contributed by atoms with Crippen molar-refractivity contribution in [1.29, 1.82) is 0 Å². The summed E-state index contributed by atoms with van der Waals surface area (Å²) in [7, 11) is 0. The number of amides is 3. The molecule has 3 amide bonds. The van der Waals surface area contributed by atoms with E-state index in [1.807, 2.05) is 6.07 Å². The van der Waals surface area contributed by atoms with Crippen LogP contribution in [0.4, 0.5) is 0 Å². The fourth-order valence-corrected chi connectivity index (χ4v) is 6.06. The van der Waals surface area contributed by atoms with E-state index in [2.05, 4.69) is 33.1 Å². The lowest BCUT2D eigenvalue weighted by atomic mass is 9.88. The summed E-state index contributed by atoms with van der Waals surface area (Å²) in [6, 6.07) is 7.92. The molecule has 5 heterocycles. The summed E-state index contributed by atoms with van der Waals surface area (Å²) < 4.78 is 2.19. The van der Waals surface area contributed by atoms with Gasteiger partial charge in [-0.2, -0.15) is 5.10 Å². The lowest BCUT2D eigenvalue weighted by Gasteiger charge is -2.31. The van der Waals surface area contributed by atoms with Gasteiger partial charge in [-0.15, -0.1) is 0 Å². The number of carbonyl (C=O) groups excluding carboxylic acids is 3. The van der Waals surface area contributed by atoms with Crippen LogP contribution in [-0.4, -0.2) is 56.4 Å². The Labute approximate surface area is 199 Å². The van der Waals surface area contributed by atoms with E-state index in [9.17, 15) is 14.4 Å². The largest absolute Gasteiger partial charge is 0.322 e. The van der Waals surface area contributed by atoms with E-state index >= 15 is 0 Å². The van der Waals surface area contributed by atoms with E-state index in [1.165, 1.54) is 29.8 Å². The van der Waals surface area contributed by atoms with E-state index < -0.39 is 6.04 Å². The molecule has 1 atom stereocenters. The molecule has 6 rings (SSSR count). The molecule has 2 saturated heterocycles. The zero-order valence-electron chi connectivity index (χ0n) is 19.5. The highest BCUT2D eigenvalue weighted by atomic mass is 16.2. The standard InChI is InChI=1S/C26H31N5O3/c32-24-7-6-23(25(33)27-24)30-15-19-13-18(4-5-22(19)26(30)34)17-8-11-29(12-9-17)16-20-14-21-3-1-2-10-31(21)28-20/h4-5,13-14,17,23H,1-3,6-12,15-16H2,(H,27,32,33). The van der Waals surface area contributed by atoms with Crippen LogP contribution in [0.15, 0.2) is 24.3 Å². The maximum atomic E-state index is 12.9. The van der Waals surface area contributed by atoms with Crippen molar-refractivity contribution >= 4 is 17.7 Å². The van der Waals surface area contributed by atoms with Gasteiger partial charge in [0.2, 0.25) is 11.8 Å². The molecule has 4 aliphatic heterocycles. The molecular weight excluding hydrogens is 430 g/mol. The first-order chi connectivity index (χ1) is 16.5. The van der Waals surface area contributed by atoms with Gasteiger partial charge in [-0.3, -0.25) is 29.3 Å². The number of benzene rings is 1. The Balaban J connectivity index is 1.08. The summed E-state index contributed by atoms with van der Waals surface area (Å²) in [5.41, 5.74) is 5.55. The number of imide groups is 1. The number of nitrogens with one attached hydrogen (secondary N) is 1. The number of nitrogens with zero attached hydrogens (tertiary/aromatic N) is 4. The van der Waals surface area contributed by atoms with Crippen molar-refractivity contribution in [3.8, 4) is 0 Å². The molecule has 0 aliphatic carbocycles. The third-order valence-corrected chi connectivity index (χ3v) is 7.96. The molecule has 34 heavy (non-hydrogen) atoms. The second-order valence-corrected chi connectivity index (χ2v) is 10.2. The second kappa shape index (κ2) is 8.65. The number of likely N-dealkylation sites (tertiary alicyclic amines) is 1. The minimum Gasteiger partial charge on any atom is -0.322 e. The molecule has 0 radical (unpaired) electrons. The first kappa shape index (κ1) is 21.5. The molecular formula is C26H31N5O3. The monoisotopic (exact) mass is 461 g/mol. The van der Waals surface area contributed by atoms with E-state index in [1.54, 1.807) is 4.90 Å². The highest BCUT2D eigenvalue weighted by Gasteiger charge is 2.39. The number of aromatic nitrogens is 2. The Morgan fingerprint density at radius 3 is 2.62 bits per heavy atom. The van der Waals surface area contributed by atoms with Gasteiger partial charge in [-0.1, -0.05) is 12.1 Å². The molecule has 0 spiro atoms. The molecule has 2 aromatic rings. The van der Waals surface area contributed by atoms with Crippen LogP contribution in [-0.2, 0) is 35.6 Å². The van der Waals surface area contributed by atoms with Gasteiger partial charge in [0.15, 0.2) is 0 Å². The Bertz CT molecular complexity index is 1120. The number of hydrogen-bond donors (Lipinski definition) is 1. The van der Waals surface area contributed by atoms with Gasteiger partial charge in [0.25, 0.3) is 5.91 Å². The molecule has 8 heteroatoms. The highest BCUT2D eigenvalue weighted by Crippen LogP contribution is 2.34. The van der Waals surface area contributed by atoms with Crippen LogP contribution in [0.3, 0.4) is 0 Å². The Morgan fingerprint density at radius 1 is 0.971 bits per heavy atom. The summed E-state index contributed by atoms with van der Waals surface area (Å²) in [5, 5.41) is 7.18. The molecule has 8 nitrogen and oxygen atoms in total. The summed E-state index contributed by atoms with van der Waals surface area (Å²) in [6.45, 7) is 4.51. The summed E-state index contributed by atoms with van der Waals surface area (Å²) in [4.78, 5) is 40.8. The number of piperidine rings is 2. The van der Waals surface area contributed by atoms with Crippen molar-refractivity contribution in [3.05, 3.63) is 52.3 Å². The number of carbonyl (C=O) groups is 3. The van der Waals surface area contributed by atoms with Crippen molar-refractivity contribution in [1.82, 2.24) is 24.9 Å². The van der Waals surface area contributed by atoms with E-state index in [0.717, 1.165) is 51.0 Å². The lowest BCUT2D eigenvalue weighted by molar-refractivity contribution is -0.136. The predicted molar refractivity (Wildman–Crippen MR) is 125 cm³/mol. The van der Waals surface area contributed by atoms with Crippen molar-refractivity contribution < 1.29 is 14.4 Å². The Hall–Kier alpha value is -3.00. The van der Waals surface area contributed by atoms with E-state index in [-0.39, 0.29) is 24.1 Å². The van der Waals surface area contributed by atoms with Gasteiger partial charge >= 0.3 is 0 Å². The van der Waals surface area contributed by atoms with Gasteiger partial charge in [-0.05, 0) is 80.8 Å². The molecule has 4 aliphatic rings. The van der Waals surface area contributed by atoms with Crippen LogP contribution in [0.2, 0.25) is 0 Å². The predicted octanol–water partition coefficient (Wildman–Crippen LogP) is 2.36. The lowest BCUT2D eigenvalue weighted by Crippen LogP contribution is -2.52. The van der Waals surface area contributed by atoms with Gasteiger partial charge < -0.3 is 4.90 Å². The minimum absolute atomic E-state index is 0.103. The molecule has 0 saturated carbocycles. The molecule has 2 fully saturated rings. The van der Waals surface area contributed by atoms with Crippen LogP contribution >= 0.6 is 0 Å². The van der Waals surface area contributed by atoms with E-state index in [0.29, 0.717) is 24.4 Å². The van der Waals surface area contributed by atoms with Crippen LogP contribution in [0.1, 0.15) is 77.3 Å². The maximum absolute atomic E-state index is 12.9. The number of rotatable bonds is 4. The fourth-order valence-electron chi connectivity index (χ4n) is 6.06. The average Bonchev–Trinajstić information content (AvgIpc) is 3.39. The highest BCUT2D eigenvalue weighted by molar-refractivity contribution is 6.05. The van der Waals surface area contributed by atoms with Crippen LogP contribution in [0.25, 0.3) is 0 Å².